The molecule has 278 valence electrons. The number of carbonyl (C=O) groups is 2. The molecule has 1 aliphatic carbocycles. The Labute approximate surface area is 307 Å². The first kappa shape index (κ1) is 36.6. The van der Waals surface area contributed by atoms with Gasteiger partial charge in [0.2, 0.25) is 15.7 Å². The van der Waals surface area contributed by atoms with Crippen molar-refractivity contribution in [2.45, 2.75) is 60.2 Å². The first-order valence-electron chi connectivity index (χ1n) is 18.8. The second-order valence-electron chi connectivity index (χ2n) is 15.5. The van der Waals surface area contributed by atoms with E-state index < -0.39 is 15.7 Å². The van der Waals surface area contributed by atoms with Crippen LogP contribution in [0.1, 0.15) is 60.9 Å². The van der Waals surface area contributed by atoms with E-state index in [0.29, 0.717) is 24.2 Å². The Kier molecular flexibility index (Phi) is 10.7. The van der Waals surface area contributed by atoms with Crippen LogP contribution in [0.4, 0.5) is 10.1 Å². The fourth-order valence-electron chi connectivity index (χ4n) is 9.70. The van der Waals surface area contributed by atoms with E-state index >= 15 is 0 Å². The summed E-state index contributed by atoms with van der Waals surface area (Å²) in [6, 6.07) is 20.1. The number of hydrogen-bond acceptors (Lipinski definition) is 8. The fraction of sp³-hybridized carbons (Fsp3) is 0.512. The Morgan fingerprint density at radius 3 is 2.13 bits per heavy atom. The van der Waals surface area contributed by atoms with Gasteiger partial charge in [-0.15, -0.1) is 0 Å². The van der Waals surface area contributed by atoms with Gasteiger partial charge in [0.1, 0.15) is 5.82 Å². The van der Waals surface area contributed by atoms with Crippen molar-refractivity contribution in [1.29, 1.82) is 0 Å². The molecule has 3 aliphatic heterocycles. The summed E-state index contributed by atoms with van der Waals surface area (Å²) in [5, 5.41) is 0. The number of esters is 1. The molecular formula is C41H51FN4O5S. The van der Waals surface area contributed by atoms with E-state index in [0.717, 1.165) is 95.7 Å². The van der Waals surface area contributed by atoms with Crippen molar-refractivity contribution in [3.05, 3.63) is 89.7 Å². The maximum Gasteiger partial charge on any atom is 0.305 e. The van der Waals surface area contributed by atoms with Gasteiger partial charge < -0.3 is 25.2 Å². The molecule has 1 amide bonds. The Morgan fingerprint density at radius 1 is 0.865 bits per heavy atom. The summed E-state index contributed by atoms with van der Waals surface area (Å²) in [6.45, 7) is 7.92. The zero-order valence-electron chi connectivity index (χ0n) is 30.1. The van der Waals surface area contributed by atoms with Crippen LogP contribution >= 0.6 is 0 Å². The van der Waals surface area contributed by atoms with Crippen LogP contribution in [0, 0.1) is 29.5 Å². The van der Waals surface area contributed by atoms with Crippen molar-refractivity contribution in [3.63, 3.8) is 0 Å². The molecular weight excluding hydrogens is 680 g/mol. The highest BCUT2D eigenvalue weighted by Gasteiger charge is 2.53. The monoisotopic (exact) mass is 730 g/mol. The van der Waals surface area contributed by atoms with Crippen LogP contribution in [-0.2, 0) is 24.8 Å². The number of nitrogens with two attached hydrogens (primary N) is 1. The molecule has 0 unspecified atom stereocenters. The Balaban J connectivity index is 0.997. The SMILES string of the molecule is COC(=O)C[C@H]1CCC[C@@H]1[C@](CN1CCC1)(c1cccc(F)c1)C1CCN(CC2CN(c3ccc(S(=O)(=O)c4ccc(C(N)=O)cc4)cc3)C2)CC1. The van der Waals surface area contributed by atoms with Gasteiger partial charge >= 0.3 is 5.97 Å². The number of carbonyl (C=O) groups excluding carboxylic acids is 2. The maximum absolute atomic E-state index is 15.0. The molecule has 3 saturated heterocycles. The number of hydrogen-bond donors (Lipinski definition) is 1. The van der Waals surface area contributed by atoms with Crippen molar-refractivity contribution in [2.24, 2.45) is 29.4 Å². The quantitative estimate of drug-likeness (QED) is 0.229. The van der Waals surface area contributed by atoms with Crippen LogP contribution < -0.4 is 10.6 Å². The molecule has 3 aromatic rings. The lowest BCUT2D eigenvalue weighted by atomic mass is 9.56. The van der Waals surface area contributed by atoms with Crippen LogP contribution in [0.15, 0.2) is 82.6 Å². The van der Waals surface area contributed by atoms with Crippen molar-refractivity contribution >= 4 is 27.4 Å². The normalized spacial score (nSPS) is 23.1. The molecule has 9 nitrogen and oxygen atoms in total. The van der Waals surface area contributed by atoms with Crippen molar-refractivity contribution < 1.29 is 27.1 Å². The predicted molar refractivity (Wildman–Crippen MR) is 198 cm³/mol. The van der Waals surface area contributed by atoms with Crippen LogP contribution in [0.5, 0.6) is 0 Å². The molecule has 2 N–H and O–H groups in total. The van der Waals surface area contributed by atoms with Crippen molar-refractivity contribution in [3.8, 4) is 0 Å². The molecule has 11 heteroatoms. The summed E-state index contributed by atoms with van der Waals surface area (Å²) in [7, 11) is -2.24. The van der Waals surface area contributed by atoms with Crippen LogP contribution in [0.3, 0.4) is 0 Å². The number of amides is 1. The summed E-state index contributed by atoms with van der Waals surface area (Å²) >= 11 is 0. The first-order valence-corrected chi connectivity index (χ1v) is 20.3. The third-order valence-electron chi connectivity index (χ3n) is 12.5. The molecule has 52 heavy (non-hydrogen) atoms. The van der Waals surface area contributed by atoms with Gasteiger partial charge in [0.15, 0.2) is 0 Å². The van der Waals surface area contributed by atoms with Gasteiger partial charge in [-0.1, -0.05) is 18.6 Å². The third-order valence-corrected chi connectivity index (χ3v) is 14.3. The highest BCUT2D eigenvalue weighted by Crippen LogP contribution is 2.54. The van der Waals surface area contributed by atoms with Gasteiger partial charge in [-0.2, -0.15) is 0 Å². The molecule has 0 spiro atoms. The number of likely N-dealkylation sites (tertiary alicyclic amines) is 2. The average molecular weight is 731 g/mol. The summed E-state index contributed by atoms with van der Waals surface area (Å²) in [5.41, 5.74) is 7.45. The molecule has 1 saturated carbocycles. The zero-order valence-corrected chi connectivity index (χ0v) is 30.9. The zero-order chi connectivity index (χ0) is 36.5. The number of anilines is 1. The van der Waals surface area contributed by atoms with Gasteiger partial charge in [-0.25, -0.2) is 12.8 Å². The first-order chi connectivity index (χ1) is 25.1. The van der Waals surface area contributed by atoms with Gasteiger partial charge in [0.25, 0.3) is 0 Å². The fourth-order valence-corrected chi connectivity index (χ4v) is 11.0. The van der Waals surface area contributed by atoms with E-state index in [4.69, 9.17) is 10.5 Å². The van der Waals surface area contributed by atoms with Gasteiger partial charge in [0, 0.05) is 55.2 Å². The maximum atomic E-state index is 15.0. The summed E-state index contributed by atoms with van der Waals surface area (Å²) in [6.07, 6.45) is 6.88. The number of ether oxygens (including phenoxy) is 1. The average Bonchev–Trinajstić information content (AvgIpc) is 3.58. The largest absolute Gasteiger partial charge is 0.469 e. The van der Waals surface area contributed by atoms with Crippen molar-refractivity contribution in [1.82, 2.24) is 9.80 Å². The van der Waals surface area contributed by atoms with E-state index in [1.165, 1.54) is 37.8 Å². The van der Waals surface area contributed by atoms with E-state index in [2.05, 4.69) is 20.8 Å². The Bertz CT molecular complexity index is 1840. The third kappa shape index (κ3) is 7.37. The molecule has 7 rings (SSSR count). The number of sulfone groups is 1. The van der Waals surface area contributed by atoms with E-state index in [1.54, 1.807) is 24.3 Å². The molecule has 3 heterocycles. The smallest absolute Gasteiger partial charge is 0.305 e. The second kappa shape index (κ2) is 15.3. The number of methoxy groups -OCH3 is 1. The molecule has 3 aromatic carbocycles. The molecule has 0 aromatic heterocycles. The lowest BCUT2D eigenvalue weighted by Crippen LogP contribution is -2.58. The Morgan fingerprint density at radius 2 is 1.54 bits per heavy atom. The minimum Gasteiger partial charge on any atom is -0.469 e. The predicted octanol–water partition coefficient (Wildman–Crippen LogP) is 5.53. The molecule has 4 aliphatic rings. The van der Waals surface area contributed by atoms with E-state index in [9.17, 15) is 22.4 Å². The van der Waals surface area contributed by atoms with Gasteiger partial charge in [0.05, 0.1) is 16.9 Å². The standard InChI is InChI=1S/C41H51FN4O5S/c1-51-39(47)23-31-5-2-8-38(31)41(28-45-19-4-20-45,33-6-3-7-34(42)24-33)32-17-21-44(22-18-32)25-29-26-46(27-29)35-11-15-37(16-12-35)52(49,50)36-13-9-30(10-14-36)40(43)48/h3,6-7,9-16,24,29,31-32,38H,2,4-5,8,17-23,25-28H2,1H3,(H2,43,48)/t31-,38+,41+/m1/s1. The van der Waals surface area contributed by atoms with Crippen LogP contribution in [-0.4, -0.2) is 89.6 Å². The van der Waals surface area contributed by atoms with Crippen LogP contribution in [0.25, 0.3) is 0 Å². The number of piperidine rings is 1. The minimum absolute atomic E-state index is 0.121. The summed E-state index contributed by atoms with van der Waals surface area (Å²) in [5.74, 6) is 0.521. The molecule has 0 bridgehead atoms. The van der Waals surface area contributed by atoms with Gasteiger partial charge in [-0.05, 0) is 142 Å². The molecule has 4 fully saturated rings. The summed E-state index contributed by atoms with van der Waals surface area (Å²) < 4.78 is 46.5. The lowest BCUT2D eigenvalue weighted by Gasteiger charge is -2.54. The van der Waals surface area contributed by atoms with Gasteiger partial charge in [-0.3, -0.25) is 9.59 Å². The van der Waals surface area contributed by atoms with E-state index in [-0.39, 0.29) is 38.5 Å². The lowest BCUT2D eigenvalue weighted by molar-refractivity contribution is -0.142. The number of nitrogens with zero attached hydrogens (tertiary/aromatic N) is 3. The highest BCUT2D eigenvalue weighted by molar-refractivity contribution is 7.91. The minimum atomic E-state index is -3.72. The number of rotatable bonds is 13. The van der Waals surface area contributed by atoms with Crippen LogP contribution in [0.2, 0.25) is 0 Å². The topological polar surface area (TPSA) is 113 Å². The highest BCUT2D eigenvalue weighted by atomic mass is 32.2. The molecule has 0 radical (unpaired) electrons. The number of benzene rings is 3. The summed E-state index contributed by atoms with van der Waals surface area (Å²) in [4.78, 5) is 31.7. The Hall–Kier alpha value is -3.80. The second-order valence-corrected chi connectivity index (χ2v) is 17.4. The number of primary amides is 1. The van der Waals surface area contributed by atoms with Crippen molar-refractivity contribution in [2.75, 3.05) is 64.4 Å². The van der Waals surface area contributed by atoms with E-state index in [1.807, 2.05) is 18.2 Å². The molecule has 3 atom stereocenters. The number of halogens is 1.